The summed E-state index contributed by atoms with van der Waals surface area (Å²) in [5.74, 6) is 0. The molecule has 0 radical (unpaired) electrons. The highest BCUT2D eigenvalue weighted by atomic mass is 14.9. The fourth-order valence-corrected chi connectivity index (χ4v) is 1.72. The lowest BCUT2D eigenvalue weighted by Gasteiger charge is -2.19. The Morgan fingerprint density at radius 2 is 1.36 bits per heavy atom. The Morgan fingerprint density at radius 3 is 1.71 bits per heavy atom. The third kappa shape index (κ3) is 2.09. The third-order valence-corrected chi connectivity index (χ3v) is 2.80. The molecule has 0 aromatic heterocycles. The van der Waals surface area contributed by atoms with Crippen molar-refractivity contribution in [3.8, 4) is 0 Å². The Labute approximate surface area is 87.5 Å². The standard InChI is InChI=1S/C13H21N/c1-8(2)14-13-11(5)9(3)7-10(4)12(13)6/h7-8,14H,1-6H3. The molecule has 78 valence electrons. The summed E-state index contributed by atoms with van der Waals surface area (Å²) in [5, 5.41) is 3.52. The number of aryl methyl sites for hydroxylation is 2. The molecule has 0 aliphatic rings. The molecule has 14 heavy (non-hydrogen) atoms. The van der Waals surface area contributed by atoms with Gasteiger partial charge in [0, 0.05) is 11.7 Å². The minimum Gasteiger partial charge on any atom is -0.382 e. The SMILES string of the molecule is Cc1cc(C)c(C)c(NC(C)C)c1C. The van der Waals surface area contributed by atoms with Crippen molar-refractivity contribution in [2.24, 2.45) is 0 Å². The summed E-state index contributed by atoms with van der Waals surface area (Å²) in [7, 11) is 0. The molecule has 0 atom stereocenters. The molecule has 0 unspecified atom stereocenters. The molecular weight excluding hydrogens is 170 g/mol. The van der Waals surface area contributed by atoms with Crippen LogP contribution in [0.5, 0.6) is 0 Å². The molecule has 1 rings (SSSR count). The summed E-state index contributed by atoms with van der Waals surface area (Å²) in [6.07, 6.45) is 0. The van der Waals surface area contributed by atoms with E-state index in [1.807, 2.05) is 0 Å². The molecule has 1 aromatic rings. The smallest absolute Gasteiger partial charge is 0.0406 e. The largest absolute Gasteiger partial charge is 0.382 e. The van der Waals surface area contributed by atoms with Crippen molar-refractivity contribution in [1.29, 1.82) is 0 Å². The van der Waals surface area contributed by atoms with Gasteiger partial charge in [-0.1, -0.05) is 6.07 Å². The first-order valence-corrected chi connectivity index (χ1v) is 5.27. The third-order valence-electron chi connectivity index (χ3n) is 2.80. The van der Waals surface area contributed by atoms with E-state index in [9.17, 15) is 0 Å². The maximum atomic E-state index is 3.52. The molecule has 0 amide bonds. The highest BCUT2D eigenvalue weighted by Crippen LogP contribution is 2.26. The topological polar surface area (TPSA) is 12.0 Å². The van der Waals surface area contributed by atoms with Crippen molar-refractivity contribution in [3.05, 3.63) is 28.3 Å². The number of anilines is 1. The predicted octanol–water partition coefficient (Wildman–Crippen LogP) is 3.74. The molecule has 0 saturated heterocycles. The number of rotatable bonds is 2. The van der Waals surface area contributed by atoms with Crippen molar-refractivity contribution in [1.82, 2.24) is 0 Å². The number of hydrogen-bond acceptors (Lipinski definition) is 1. The lowest BCUT2D eigenvalue weighted by atomic mass is 9.98. The van der Waals surface area contributed by atoms with Crippen LogP contribution in [-0.2, 0) is 0 Å². The summed E-state index contributed by atoms with van der Waals surface area (Å²) in [4.78, 5) is 0. The second-order valence-corrected chi connectivity index (χ2v) is 4.43. The predicted molar refractivity (Wildman–Crippen MR) is 64.1 cm³/mol. The first-order chi connectivity index (χ1) is 6.43. The van der Waals surface area contributed by atoms with E-state index in [1.54, 1.807) is 0 Å². The van der Waals surface area contributed by atoms with E-state index in [2.05, 4.69) is 52.9 Å². The maximum Gasteiger partial charge on any atom is 0.0406 e. The van der Waals surface area contributed by atoms with Gasteiger partial charge in [0.1, 0.15) is 0 Å². The van der Waals surface area contributed by atoms with E-state index < -0.39 is 0 Å². The summed E-state index contributed by atoms with van der Waals surface area (Å²) in [6.45, 7) is 13.1. The van der Waals surface area contributed by atoms with Crippen LogP contribution in [0, 0.1) is 27.7 Å². The first-order valence-electron chi connectivity index (χ1n) is 5.27. The van der Waals surface area contributed by atoms with Crippen LogP contribution in [0.3, 0.4) is 0 Å². The zero-order valence-electron chi connectivity index (χ0n) is 10.2. The Balaban J connectivity index is 3.25. The second kappa shape index (κ2) is 4.04. The van der Waals surface area contributed by atoms with Crippen molar-refractivity contribution in [3.63, 3.8) is 0 Å². The quantitative estimate of drug-likeness (QED) is 0.751. The van der Waals surface area contributed by atoms with Crippen LogP contribution in [0.25, 0.3) is 0 Å². The lowest BCUT2D eigenvalue weighted by molar-refractivity contribution is 0.893. The molecule has 0 spiro atoms. The van der Waals surface area contributed by atoms with Crippen LogP contribution in [0.1, 0.15) is 36.1 Å². The van der Waals surface area contributed by atoms with Gasteiger partial charge >= 0.3 is 0 Å². The summed E-state index contributed by atoms with van der Waals surface area (Å²) in [5.41, 5.74) is 6.81. The van der Waals surface area contributed by atoms with Crippen LogP contribution in [0.4, 0.5) is 5.69 Å². The van der Waals surface area contributed by atoms with Gasteiger partial charge in [0.05, 0.1) is 0 Å². The second-order valence-electron chi connectivity index (χ2n) is 4.43. The van der Waals surface area contributed by atoms with Gasteiger partial charge in [-0.25, -0.2) is 0 Å². The molecule has 1 aromatic carbocycles. The van der Waals surface area contributed by atoms with Crippen molar-refractivity contribution < 1.29 is 0 Å². The molecule has 1 N–H and O–H groups in total. The Morgan fingerprint density at radius 1 is 0.929 bits per heavy atom. The van der Waals surface area contributed by atoms with Gasteiger partial charge in [-0.3, -0.25) is 0 Å². The summed E-state index contributed by atoms with van der Waals surface area (Å²) in [6, 6.07) is 2.75. The zero-order valence-corrected chi connectivity index (χ0v) is 10.2. The van der Waals surface area contributed by atoms with Crippen LogP contribution in [-0.4, -0.2) is 6.04 Å². The normalized spacial score (nSPS) is 10.8. The molecule has 0 saturated carbocycles. The molecule has 0 heterocycles. The Hall–Kier alpha value is -0.980. The van der Waals surface area contributed by atoms with E-state index in [-0.39, 0.29) is 0 Å². The highest BCUT2D eigenvalue weighted by molar-refractivity contribution is 5.62. The van der Waals surface area contributed by atoms with Gasteiger partial charge in [-0.05, 0) is 63.8 Å². The average Bonchev–Trinajstić information content (AvgIpc) is 2.09. The molecule has 0 aliphatic carbocycles. The van der Waals surface area contributed by atoms with Crippen LogP contribution >= 0.6 is 0 Å². The number of nitrogens with one attached hydrogen (secondary N) is 1. The van der Waals surface area contributed by atoms with Crippen molar-refractivity contribution >= 4 is 5.69 Å². The first kappa shape index (κ1) is 11.1. The summed E-state index contributed by atoms with van der Waals surface area (Å²) < 4.78 is 0. The van der Waals surface area contributed by atoms with Crippen LogP contribution in [0.15, 0.2) is 6.07 Å². The van der Waals surface area contributed by atoms with Gasteiger partial charge < -0.3 is 5.32 Å². The molecule has 0 bridgehead atoms. The van der Waals surface area contributed by atoms with Gasteiger partial charge in [-0.15, -0.1) is 0 Å². The van der Waals surface area contributed by atoms with Crippen LogP contribution < -0.4 is 5.32 Å². The van der Waals surface area contributed by atoms with Crippen molar-refractivity contribution in [2.45, 2.75) is 47.6 Å². The molecule has 0 aliphatic heterocycles. The fraction of sp³-hybridized carbons (Fsp3) is 0.538. The van der Waals surface area contributed by atoms with Gasteiger partial charge in [0.2, 0.25) is 0 Å². The van der Waals surface area contributed by atoms with E-state index >= 15 is 0 Å². The summed E-state index contributed by atoms with van der Waals surface area (Å²) >= 11 is 0. The lowest BCUT2D eigenvalue weighted by Crippen LogP contribution is -2.13. The monoisotopic (exact) mass is 191 g/mol. The highest BCUT2D eigenvalue weighted by Gasteiger charge is 2.08. The van der Waals surface area contributed by atoms with E-state index in [0.717, 1.165) is 0 Å². The van der Waals surface area contributed by atoms with Crippen LogP contribution in [0.2, 0.25) is 0 Å². The van der Waals surface area contributed by atoms with E-state index in [0.29, 0.717) is 6.04 Å². The average molecular weight is 191 g/mol. The Bertz CT molecular complexity index is 311. The Kier molecular flexibility index (Phi) is 3.20. The maximum absolute atomic E-state index is 3.52. The van der Waals surface area contributed by atoms with Gasteiger partial charge in [0.25, 0.3) is 0 Å². The van der Waals surface area contributed by atoms with E-state index in [1.165, 1.54) is 27.9 Å². The van der Waals surface area contributed by atoms with Gasteiger partial charge in [0.15, 0.2) is 0 Å². The minimum absolute atomic E-state index is 0.494. The minimum atomic E-state index is 0.494. The zero-order chi connectivity index (χ0) is 10.9. The molecule has 1 nitrogen and oxygen atoms in total. The number of benzene rings is 1. The fourth-order valence-electron chi connectivity index (χ4n) is 1.72. The molecule has 0 fully saturated rings. The molecule has 1 heteroatoms. The molecular formula is C13H21N. The number of hydrogen-bond donors (Lipinski definition) is 1. The van der Waals surface area contributed by atoms with Gasteiger partial charge in [-0.2, -0.15) is 0 Å². The van der Waals surface area contributed by atoms with Crippen molar-refractivity contribution in [2.75, 3.05) is 5.32 Å². The van der Waals surface area contributed by atoms with E-state index in [4.69, 9.17) is 0 Å².